The third-order valence-electron chi connectivity index (χ3n) is 4.91. The van der Waals surface area contributed by atoms with E-state index in [4.69, 9.17) is 5.11 Å². The second kappa shape index (κ2) is 7.55. The van der Waals surface area contributed by atoms with Gasteiger partial charge in [-0.05, 0) is 37.8 Å². The first-order valence-corrected chi connectivity index (χ1v) is 8.69. The van der Waals surface area contributed by atoms with E-state index in [1.807, 2.05) is 0 Å². The second-order valence-electron chi connectivity index (χ2n) is 6.59. The molecule has 26 heavy (non-hydrogen) atoms. The van der Waals surface area contributed by atoms with Crippen LogP contribution < -0.4 is 10.6 Å². The van der Waals surface area contributed by atoms with Gasteiger partial charge in [-0.3, -0.25) is 19.3 Å². The van der Waals surface area contributed by atoms with E-state index in [9.17, 15) is 19.2 Å². The van der Waals surface area contributed by atoms with Crippen LogP contribution in [0.5, 0.6) is 0 Å². The first-order chi connectivity index (χ1) is 12.5. The van der Waals surface area contributed by atoms with Gasteiger partial charge in [-0.25, -0.2) is 4.79 Å². The van der Waals surface area contributed by atoms with E-state index in [-0.39, 0.29) is 42.9 Å². The average Bonchev–Trinajstić information content (AvgIpc) is 2.87. The lowest BCUT2D eigenvalue weighted by Gasteiger charge is -2.27. The Morgan fingerprint density at radius 1 is 1.04 bits per heavy atom. The molecule has 3 rings (SSSR count). The summed E-state index contributed by atoms with van der Waals surface area (Å²) in [5.41, 5.74) is 0.772. The number of carbonyl (C=O) groups excluding carboxylic acids is 3. The number of carboxylic acids is 1. The molecule has 0 saturated heterocycles. The molecule has 4 amide bonds. The lowest BCUT2D eigenvalue weighted by molar-refractivity contribution is -0.142. The molecule has 0 unspecified atom stereocenters. The third kappa shape index (κ3) is 3.68. The molecule has 0 bridgehead atoms. The van der Waals surface area contributed by atoms with Crippen molar-refractivity contribution in [2.45, 2.75) is 31.7 Å². The molecule has 0 radical (unpaired) electrons. The van der Waals surface area contributed by atoms with Gasteiger partial charge in [0.2, 0.25) is 0 Å². The zero-order valence-corrected chi connectivity index (χ0v) is 14.2. The Labute approximate surface area is 150 Å². The molecular formula is C18H21N3O5. The van der Waals surface area contributed by atoms with Crippen molar-refractivity contribution in [3.8, 4) is 0 Å². The SMILES string of the molecule is O=C(NCCN1C(=O)c2ccccc2C1=O)NC1CCC(C(=O)O)CC1. The minimum absolute atomic E-state index is 0.0510. The number of carbonyl (C=O) groups is 4. The van der Waals surface area contributed by atoms with Gasteiger partial charge in [0, 0.05) is 19.1 Å². The largest absolute Gasteiger partial charge is 0.481 e. The summed E-state index contributed by atoms with van der Waals surface area (Å²) in [6.07, 6.45) is 2.36. The second-order valence-corrected chi connectivity index (χ2v) is 6.59. The molecular weight excluding hydrogens is 338 g/mol. The Morgan fingerprint density at radius 2 is 1.62 bits per heavy atom. The molecule has 1 aromatic rings. The summed E-state index contributed by atoms with van der Waals surface area (Å²) >= 11 is 0. The molecule has 1 heterocycles. The lowest BCUT2D eigenvalue weighted by Crippen LogP contribution is -2.46. The molecule has 1 aliphatic carbocycles. The highest BCUT2D eigenvalue weighted by atomic mass is 16.4. The number of nitrogens with one attached hydrogen (secondary N) is 2. The molecule has 1 aromatic carbocycles. The molecule has 0 atom stereocenters. The van der Waals surface area contributed by atoms with Crippen LogP contribution in [-0.4, -0.2) is 53.0 Å². The maximum absolute atomic E-state index is 12.2. The Balaban J connectivity index is 1.42. The molecule has 138 valence electrons. The molecule has 0 spiro atoms. The van der Waals surface area contributed by atoms with Gasteiger partial charge in [-0.2, -0.15) is 0 Å². The average molecular weight is 359 g/mol. The van der Waals surface area contributed by atoms with E-state index in [1.165, 1.54) is 0 Å². The maximum Gasteiger partial charge on any atom is 0.315 e. The van der Waals surface area contributed by atoms with Crippen LogP contribution in [0.25, 0.3) is 0 Å². The number of nitrogens with zero attached hydrogens (tertiary/aromatic N) is 1. The summed E-state index contributed by atoms with van der Waals surface area (Å²) in [6.45, 7) is 0.257. The number of urea groups is 1. The van der Waals surface area contributed by atoms with Crippen LogP contribution in [0, 0.1) is 5.92 Å². The van der Waals surface area contributed by atoms with Gasteiger partial charge in [0.05, 0.1) is 17.0 Å². The van der Waals surface area contributed by atoms with E-state index in [0.717, 1.165) is 4.90 Å². The lowest BCUT2D eigenvalue weighted by atomic mass is 9.86. The Hall–Kier alpha value is -2.90. The molecule has 1 fully saturated rings. The van der Waals surface area contributed by atoms with E-state index in [1.54, 1.807) is 24.3 Å². The molecule has 2 aliphatic rings. The minimum atomic E-state index is -0.783. The van der Waals surface area contributed by atoms with Crippen LogP contribution >= 0.6 is 0 Å². The predicted octanol–water partition coefficient (Wildman–Crippen LogP) is 1.23. The number of hydrogen-bond acceptors (Lipinski definition) is 4. The van der Waals surface area contributed by atoms with Crippen LogP contribution in [0.4, 0.5) is 4.79 Å². The van der Waals surface area contributed by atoms with E-state index < -0.39 is 5.97 Å². The van der Waals surface area contributed by atoms with Crippen LogP contribution in [0.2, 0.25) is 0 Å². The number of rotatable bonds is 5. The third-order valence-corrected chi connectivity index (χ3v) is 4.91. The first-order valence-electron chi connectivity index (χ1n) is 8.69. The molecule has 1 aliphatic heterocycles. The minimum Gasteiger partial charge on any atom is -0.481 e. The predicted molar refractivity (Wildman–Crippen MR) is 91.7 cm³/mol. The summed E-state index contributed by atoms with van der Waals surface area (Å²) in [5.74, 6) is -1.81. The number of hydrogen-bond donors (Lipinski definition) is 3. The smallest absolute Gasteiger partial charge is 0.315 e. The van der Waals surface area contributed by atoms with Crippen molar-refractivity contribution in [1.29, 1.82) is 0 Å². The van der Waals surface area contributed by atoms with E-state index in [2.05, 4.69) is 10.6 Å². The van der Waals surface area contributed by atoms with Crippen molar-refractivity contribution in [2.24, 2.45) is 5.92 Å². The number of benzene rings is 1. The highest BCUT2D eigenvalue weighted by Crippen LogP contribution is 2.24. The van der Waals surface area contributed by atoms with Gasteiger partial charge in [0.15, 0.2) is 0 Å². The van der Waals surface area contributed by atoms with Crippen molar-refractivity contribution in [2.75, 3.05) is 13.1 Å². The van der Waals surface area contributed by atoms with Crippen LogP contribution in [0.1, 0.15) is 46.4 Å². The Morgan fingerprint density at radius 3 is 2.15 bits per heavy atom. The first kappa shape index (κ1) is 17.9. The summed E-state index contributed by atoms with van der Waals surface area (Å²) in [4.78, 5) is 48.4. The normalized spacial score (nSPS) is 22.1. The van der Waals surface area contributed by atoms with Crippen molar-refractivity contribution in [1.82, 2.24) is 15.5 Å². The van der Waals surface area contributed by atoms with Crippen molar-refractivity contribution in [3.63, 3.8) is 0 Å². The van der Waals surface area contributed by atoms with Crippen LogP contribution in [0.3, 0.4) is 0 Å². The highest BCUT2D eigenvalue weighted by Gasteiger charge is 2.34. The van der Waals surface area contributed by atoms with E-state index >= 15 is 0 Å². The maximum atomic E-state index is 12.2. The topological polar surface area (TPSA) is 116 Å². The molecule has 3 N–H and O–H groups in total. The highest BCUT2D eigenvalue weighted by molar-refractivity contribution is 6.21. The van der Waals surface area contributed by atoms with Gasteiger partial charge in [0.1, 0.15) is 0 Å². The molecule has 8 nitrogen and oxygen atoms in total. The number of carboxylic acid groups (broad SMARTS) is 1. The van der Waals surface area contributed by atoms with E-state index in [0.29, 0.717) is 36.8 Å². The number of fused-ring (bicyclic) bond motifs is 1. The number of aliphatic carboxylic acids is 1. The molecule has 8 heteroatoms. The quantitative estimate of drug-likeness (QED) is 0.684. The van der Waals surface area contributed by atoms with Gasteiger partial charge in [-0.1, -0.05) is 12.1 Å². The summed E-state index contributed by atoms with van der Waals surface area (Å²) in [7, 11) is 0. The van der Waals surface area contributed by atoms with Gasteiger partial charge < -0.3 is 15.7 Å². The van der Waals surface area contributed by atoms with Gasteiger partial charge >= 0.3 is 12.0 Å². The molecule has 0 aromatic heterocycles. The standard InChI is InChI=1S/C18H21N3O5/c22-15-13-3-1-2-4-14(13)16(23)21(15)10-9-19-18(26)20-12-7-5-11(6-8-12)17(24)25/h1-4,11-12H,5-10H2,(H,24,25)(H2,19,20,26). The number of amides is 4. The fraction of sp³-hybridized carbons (Fsp3) is 0.444. The Bertz CT molecular complexity index is 705. The van der Waals surface area contributed by atoms with Gasteiger partial charge in [0.25, 0.3) is 11.8 Å². The van der Waals surface area contributed by atoms with Gasteiger partial charge in [-0.15, -0.1) is 0 Å². The van der Waals surface area contributed by atoms with Crippen molar-refractivity contribution in [3.05, 3.63) is 35.4 Å². The zero-order valence-electron chi connectivity index (χ0n) is 14.2. The number of imide groups is 1. The zero-order chi connectivity index (χ0) is 18.7. The van der Waals surface area contributed by atoms with Crippen molar-refractivity contribution >= 4 is 23.8 Å². The van der Waals surface area contributed by atoms with Crippen LogP contribution in [-0.2, 0) is 4.79 Å². The summed E-state index contributed by atoms with van der Waals surface area (Å²) in [6, 6.07) is 6.22. The summed E-state index contributed by atoms with van der Waals surface area (Å²) in [5, 5.41) is 14.4. The summed E-state index contributed by atoms with van der Waals surface area (Å²) < 4.78 is 0. The Kier molecular flexibility index (Phi) is 5.20. The monoisotopic (exact) mass is 359 g/mol. The fourth-order valence-electron chi connectivity index (χ4n) is 3.44. The fourth-order valence-corrected chi connectivity index (χ4v) is 3.44. The van der Waals surface area contributed by atoms with Crippen molar-refractivity contribution < 1.29 is 24.3 Å². The van der Waals surface area contributed by atoms with Crippen LogP contribution in [0.15, 0.2) is 24.3 Å². The molecule has 1 saturated carbocycles.